The Kier molecular flexibility index (Phi) is 10.5. The van der Waals surface area contributed by atoms with Crippen LogP contribution in [0.5, 0.6) is 0 Å². The predicted octanol–water partition coefficient (Wildman–Crippen LogP) is 0.877. The number of aliphatic carboxylic acids is 2. The summed E-state index contributed by atoms with van der Waals surface area (Å²) in [4.78, 5) is 34.6. The number of hydrogen-bond donors (Lipinski definition) is 7. The molecule has 2 unspecified atom stereocenters. The maximum Gasteiger partial charge on any atom is 0.335 e. The summed E-state index contributed by atoms with van der Waals surface area (Å²) in [6, 6.07) is 3.25. The average molecular weight is 587 g/mol. The van der Waals surface area contributed by atoms with Crippen LogP contribution in [0.15, 0.2) is 22.8 Å². The number of nitrogens with two attached hydrogens (primary N) is 1. The zero-order valence-corrected chi connectivity index (χ0v) is 22.5. The van der Waals surface area contributed by atoms with Gasteiger partial charge < -0.3 is 50.4 Å². The maximum atomic E-state index is 12.8. The van der Waals surface area contributed by atoms with Crippen molar-refractivity contribution in [2.45, 2.75) is 61.9 Å². The Hall–Kier alpha value is -2.78. The Labute approximate surface area is 234 Å². The van der Waals surface area contributed by atoms with Crippen LogP contribution in [-0.2, 0) is 14.3 Å². The van der Waals surface area contributed by atoms with E-state index in [0.717, 1.165) is 0 Å². The van der Waals surface area contributed by atoms with Crippen LogP contribution < -0.4 is 5.73 Å². The number of anilines is 1. The Balaban J connectivity index is 0.000000378. The van der Waals surface area contributed by atoms with Crippen LogP contribution in [0, 0.1) is 0 Å². The van der Waals surface area contributed by atoms with Crippen molar-refractivity contribution < 1.29 is 54.2 Å². The molecule has 8 N–H and O–H groups in total. The Morgan fingerprint density at radius 3 is 2.12 bits per heavy atom. The van der Waals surface area contributed by atoms with Gasteiger partial charge in [0.25, 0.3) is 0 Å². The molecule has 2 saturated heterocycles. The molecule has 0 amide bonds. The molecule has 1 aromatic heterocycles. The molecule has 2 fully saturated rings. The number of halogens is 1. The van der Waals surface area contributed by atoms with E-state index in [2.05, 4.69) is 4.90 Å². The van der Waals surface area contributed by atoms with Crippen LogP contribution in [0.25, 0.3) is 11.0 Å². The lowest BCUT2D eigenvalue weighted by Crippen LogP contribution is -2.52. The van der Waals surface area contributed by atoms with Gasteiger partial charge >= 0.3 is 11.9 Å². The van der Waals surface area contributed by atoms with Crippen molar-refractivity contribution in [1.82, 2.24) is 4.90 Å². The number of fused-ring (bicyclic) bond motifs is 1. The number of likely N-dealkylation sites (tertiary alicyclic amines) is 1. The SMILES string of the molecule is Nc1c(Cl)cc(C(=O)CCC2(O)CCN(CC3(O)CCOCC3)CC2)c2occc12.O=C(O)C(O)C(O)C(=O)O. The van der Waals surface area contributed by atoms with E-state index in [0.29, 0.717) is 92.2 Å². The van der Waals surface area contributed by atoms with Gasteiger partial charge in [0.05, 0.1) is 33.7 Å². The molecule has 2 aliphatic rings. The van der Waals surface area contributed by atoms with Crippen molar-refractivity contribution in [3.05, 3.63) is 29.0 Å². The van der Waals surface area contributed by atoms with E-state index in [1.165, 1.54) is 6.26 Å². The van der Waals surface area contributed by atoms with Gasteiger partial charge in [0.1, 0.15) is 5.58 Å². The molecule has 40 heavy (non-hydrogen) atoms. The van der Waals surface area contributed by atoms with Crippen molar-refractivity contribution in [2.24, 2.45) is 0 Å². The topological polar surface area (TPSA) is 224 Å². The molecule has 2 atom stereocenters. The minimum absolute atomic E-state index is 0.121. The van der Waals surface area contributed by atoms with E-state index in [1.54, 1.807) is 12.1 Å². The molecule has 4 rings (SSSR count). The number of carbonyl (C=O) groups excluding carboxylic acids is 1. The number of benzene rings is 1. The first kappa shape index (κ1) is 31.7. The van der Waals surface area contributed by atoms with E-state index >= 15 is 0 Å². The quantitative estimate of drug-likeness (QED) is 0.160. The molecule has 0 saturated carbocycles. The second-order valence-electron chi connectivity index (χ2n) is 10.3. The van der Waals surface area contributed by atoms with Crippen LogP contribution in [-0.4, -0.2) is 110 Å². The molecule has 1 aromatic carbocycles. The number of ketones is 1. The number of piperidine rings is 1. The van der Waals surface area contributed by atoms with Gasteiger partial charge in [0.2, 0.25) is 0 Å². The highest BCUT2D eigenvalue weighted by Crippen LogP contribution is 2.35. The Morgan fingerprint density at radius 2 is 1.57 bits per heavy atom. The Morgan fingerprint density at radius 1 is 1.00 bits per heavy atom. The number of rotatable bonds is 9. The Bertz CT molecular complexity index is 1180. The van der Waals surface area contributed by atoms with Gasteiger partial charge in [-0.3, -0.25) is 4.79 Å². The number of β-amino-alcohol motifs (C(OH)–C–C–N with tert-alkyl or cyclic N) is 1. The smallest absolute Gasteiger partial charge is 0.335 e. The van der Waals surface area contributed by atoms with Gasteiger partial charge in [0.15, 0.2) is 18.0 Å². The minimum Gasteiger partial charge on any atom is -0.479 e. The van der Waals surface area contributed by atoms with Gasteiger partial charge in [-0.05, 0) is 31.4 Å². The predicted molar refractivity (Wildman–Crippen MR) is 142 cm³/mol. The lowest BCUT2D eigenvalue weighted by Gasteiger charge is -2.42. The summed E-state index contributed by atoms with van der Waals surface area (Å²) in [6.45, 7) is 3.18. The van der Waals surface area contributed by atoms with Crippen LogP contribution in [0.4, 0.5) is 5.69 Å². The summed E-state index contributed by atoms with van der Waals surface area (Å²) >= 11 is 6.18. The van der Waals surface area contributed by atoms with E-state index in [9.17, 15) is 24.6 Å². The third-order valence-corrected chi connectivity index (χ3v) is 7.69. The van der Waals surface area contributed by atoms with Gasteiger partial charge in [-0.2, -0.15) is 0 Å². The monoisotopic (exact) mass is 586 g/mol. The molecule has 0 bridgehead atoms. The van der Waals surface area contributed by atoms with Crippen LogP contribution in [0.3, 0.4) is 0 Å². The second kappa shape index (κ2) is 13.3. The fourth-order valence-electron chi connectivity index (χ4n) is 4.79. The van der Waals surface area contributed by atoms with Crippen molar-refractivity contribution in [2.75, 3.05) is 38.6 Å². The number of aliphatic hydroxyl groups excluding tert-OH is 2. The number of furan rings is 1. The lowest BCUT2D eigenvalue weighted by atomic mass is 9.84. The molecule has 0 aliphatic carbocycles. The summed E-state index contributed by atoms with van der Waals surface area (Å²) in [5.41, 5.74) is 5.61. The number of aliphatic hydroxyl groups is 4. The molecule has 2 aromatic rings. The zero-order chi connectivity index (χ0) is 29.7. The maximum absolute atomic E-state index is 12.8. The molecule has 14 heteroatoms. The number of carbonyl (C=O) groups is 3. The number of Topliss-reactive ketones (excluding diaryl/α,β-unsaturated/α-hetero) is 1. The van der Waals surface area contributed by atoms with Crippen molar-refractivity contribution in [1.29, 1.82) is 0 Å². The fraction of sp³-hybridized carbons (Fsp3) is 0.577. The standard InChI is InChI=1S/C22H29ClN2O5.C4H6O6/c23-17-13-16(20-15(19(17)24)2-10-30-20)18(26)1-3-21(27)4-8-25(9-5-21)14-22(28)6-11-29-12-7-22;5-1(3(7)8)2(6)4(9)10/h2,10,13,27-28H,1,3-9,11-12,14,24H2;1-2,5-6H,(H,7,8)(H,9,10). The number of ether oxygens (including phenoxy) is 1. The van der Waals surface area contributed by atoms with Crippen LogP contribution in [0.1, 0.15) is 48.9 Å². The summed E-state index contributed by atoms with van der Waals surface area (Å²) in [7, 11) is 0. The highest BCUT2D eigenvalue weighted by molar-refractivity contribution is 6.35. The van der Waals surface area contributed by atoms with Crippen molar-refractivity contribution >= 4 is 46.0 Å². The summed E-state index contributed by atoms with van der Waals surface area (Å²) in [6.07, 6.45) is -0.0206. The third kappa shape index (κ3) is 7.91. The second-order valence-corrected chi connectivity index (χ2v) is 10.7. The largest absolute Gasteiger partial charge is 0.479 e. The van der Waals surface area contributed by atoms with Crippen molar-refractivity contribution in [3.8, 4) is 0 Å². The normalized spacial score (nSPS) is 20.2. The summed E-state index contributed by atoms with van der Waals surface area (Å²) in [5.74, 6) is -3.66. The van der Waals surface area contributed by atoms with Crippen molar-refractivity contribution in [3.63, 3.8) is 0 Å². The van der Waals surface area contributed by atoms with E-state index in [4.69, 9.17) is 46.9 Å². The number of nitrogens with zero attached hydrogens (tertiary/aromatic N) is 1. The van der Waals surface area contributed by atoms with Crippen LogP contribution in [0.2, 0.25) is 5.02 Å². The number of carboxylic acid groups (broad SMARTS) is 2. The first-order chi connectivity index (χ1) is 18.8. The highest BCUT2D eigenvalue weighted by atomic mass is 35.5. The molecule has 3 heterocycles. The van der Waals surface area contributed by atoms with Gasteiger partial charge in [-0.15, -0.1) is 0 Å². The zero-order valence-electron chi connectivity index (χ0n) is 21.8. The van der Waals surface area contributed by atoms with Crippen LogP contribution >= 0.6 is 11.6 Å². The minimum atomic E-state index is -2.27. The van der Waals surface area contributed by atoms with Gasteiger partial charge in [-0.25, -0.2) is 9.59 Å². The lowest BCUT2D eigenvalue weighted by molar-refractivity contribution is -0.165. The fourth-order valence-corrected chi connectivity index (χ4v) is 5.00. The molecular weight excluding hydrogens is 552 g/mol. The van der Waals surface area contributed by atoms with Gasteiger partial charge in [-0.1, -0.05) is 11.6 Å². The summed E-state index contributed by atoms with van der Waals surface area (Å²) in [5, 5.41) is 55.2. The molecule has 222 valence electrons. The molecule has 13 nitrogen and oxygen atoms in total. The average Bonchev–Trinajstić information content (AvgIpc) is 3.41. The molecule has 0 radical (unpaired) electrons. The first-order valence-corrected chi connectivity index (χ1v) is 13.2. The van der Waals surface area contributed by atoms with E-state index in [1.807, 2.05) is 0 Å². The molecule has 2 aliphatic heterocycles. The van der Waals surface area contributed by atoms with E-state index < -0.39 is 35.3 Å². The molecule has 0 spiro atoms. The number of hydrogen-bond acceptors (Lipinski definition) is 11. The number of nitrogen functional groups attached to an aromatic ring is 1. The first-order valence-electron chi connectivity index (χ1n) is 12.8. The highest BCUT2D eigenvalue weighted by Gasteiger charge is 2.37. The number of carboxylic acids is 2. The third-order valence-electron chi connectivity index (χ3n) is 7.38. The summed E-state index contributed by atoms with van der Waals surface area (Å²) < 4.78 is 10.8. The van der Waals surface area contributed by atoms with Gasteiger partial charge in [0, 0.05) is 57.5 Å². The molecular formula is C26H35ClN2O11. The van der Waals surface area contributed by atoms with E-state index in [-0.39, 0.29) is 12.2 Å².